The van der Waals surface area contributed by atoms with E-state index in [0.717, 1.165) is 17.4 Å². The molecule has 0 atom stereocenters. The minimum absolute atomic E-state index is 0.0564. The maximum Gasteiger partial charge on any atom is 0.265 e. The second-order valence-corrected chi connectivity index (χ2v) is 4.46. The van der Waals surface area contributed by atoms with E-state index in [1.165, 1.54) is 13.1 Å². The summed E-state index contributed by atoms with van der Waals surface area (Å²) in [7, 11) is 0. The molecule has 0 saturated heterocycles. The van der Waals surface area contributed by atoms with Gasteiger partial charge in [0.15, 0.2) is 5.65 Å². The van der Waals surface area contributed by atoms with E-state index in [1.807, 2.05) is 6.92 Å². The summed E-state index contributed by atoms with van der Waals surface area (Å²) in [5.74, 6) is -0.453. The third-order valence-corrected chi connectivity index (χ3v) is 3.10. The fourth-order valence-electron chi connectivity index (χ4n) is 2.13. The molecule has 0 spiro atoms. The van der Waals surface area contributed by atoms with E-state index in [2.05, 4.69) is 4.98 Å². The van der Waals surface area contributed by atoms with E-state index in [9.17, 15) is 14.7 Å². The van der Waals surface area contributed by atoms with Crippen LogP contribution in [0.3, 0.4) is 0 Å². The Hall–Kier alpha value is -2.17. The van der Waals surface area contributed by atoms with Crippen LogP contribution in [-0.4, -0.2) is 20.6 Å². The summed E-state index contributed by atoms with van der Waals surface area (Å²) in [6.07, 6.45) is 3.64. The van der Waals surface area contributed by atoms with Gasteiger partial charge in [-0.2, -0.15) is 0 Å². The normalized spacial score (nSPS) is 10.8. The molecular formula is C14H16N2O3. The smallest absolute Gasteiger partial charge is 0.265 e. The molecule has 2 heterocycles. The van der Waals surface area contributed by atoms with E-state index in [1.54, 1.807) is 12.1 Å². The Balaban J connectivity index is 2.83. The molecular weight excluding hydrogens is 244 g/mol. The van der Waals surface area contributed by atoms with Crippen molar-refractivity contribution >= 4 is 16.9 Å². The molecule has 2 aromatic heterocycles. The minimum atomic E-state index is -0.468. The Morgan fingerprint density at radius 2 is 2.21 bits per heavy atom. The Morgan fingerprint density at radius 3 is 2.84 bits per heavy atom. The molecule has 0 aliphatic heterocycles. The number of nitrogens with zero attached hydrogens (tertiary/aromatic N) is 2. The van der Waals surface area contributed by atoms with Crippen LogP contribution in [0.1, 0.15) is 37.0 Å². The van der Waals surface area contributed by atoms with Gasteiger partial charge < -0.3 is 5.11 Å². The SMILES string of the molecule is CCCCc1c(O)c2cccnc2n(C(C)=O)c1=O. The number of fused-ring (bicyclic) bond motifs is 1. The number of pyridine rings is 2. The highest BCUT2D eigenvalue weighted by molar-refractivity contribution is 5.91. The zero-order valence-corrected chi connectivity index (χ0v) is 11.0. The average molecular weight is 260 g/mol. The van der Waals surface area contributed by atoms with Gasteiger partial charge in [-0.3, -0.25) is 9.59 Å². The molecule has 0 unspecified atom stereocenters. The van der Waals surface area contributed by atoms with Gasteiger partial charge in [0.05, 0.1) is 10.9 Å². The molecule has 1 N–H and O–H groups in total. The highest BCUT2D eigenvalue weighted by atomic mass is 16.3. The monoisotopic (exact) mass is 260 g/mol. The van der Waals surface area contributed by atoms with E-state index in [0.29, 0.717) is 11.8 Å². The Bertz CT molecular complexity index is 689. The first-order chi connectivity index (χ1) is 9.07. The summed E-state index contributed by atoms with van der Waals surface area (Å²) in [5.41, 5.74) is 0.0277. The first kappa shape index (κ1) is 13.3. The average Bonchev–Trinajstić information content (AvgIpc) is 2.38. The quantitative estimate of drug-likeness (QED) is 0.917. The van der Waals surface area contributed by atoms with Crippen LogP contribution < -0.4 is 5.56 Å². The third-order valence-electron chi connectivity index (χ3n) is 3.10. The molecule has 5 nitrogen and oxygen atoms in total. The maximum absolute atomic E-state index is 12.3. The summed E-state index contributed by atoms with van der Waals surface area (Å²) >= 11 is 0. The fraction of sp³-hybridized carbons (Fsp3) is 0.357. The number of aromatic nitrogens is 2. The molecule has 0 aliphatic rings. The van der Waals surface area contributed by atoms with Gasteiger partial charge >= 0.3 is 0 Å². The standard InChI is InChI=1S/C14H16N2O3/c1-3-4-6-11-12(18)10-7-5-8-15-13(10)16(9(2)17)14(11)19/h5,7-8,18H,3-4,6H2,1-2H3. The largest absolute Gasteiger partial charge is 0.507 e. The highest BCUT2D eigenvalue weighted by Gasteiger charge is 2.18. The number of hydrogen-bond donors (Lipinski definition) is 1. The van der Waals surface area contributed by atoms with Gasteiger partial charge in [0.25, 0.3) is 5.56 Å². The van der Waals surface area contributed by atoms with Gasteiger partial charge in [-0.15, -0.1) is 0 Å². The van der Waals surface area contributed by atoms with Gasteiger partial charge in [0.2, 0.25) is 5.91 Å². The van der Waals surface area contributed by atoms with Crippen LogP contribution in [0.25, 0.3) is 11.0 Å². The van der Waals surface area contributed by atoms with Crippen molar-refractivity contribution < 1.29 is 9.90 Å². The molecule has 0 aliphatic carbocycles. The van der Waals surface area contributed by atoms with Crippen molar-refractivity contribution in [3.8, 4) is 5.75 Å². The number of rotatable bonds is 3. The van der Waals surface area contributed by atoms with Crippen LogP contribution in [0.4, 0.5) is 0 Å². The Labute approximate surface area is 110 Å². The molecule has 0 aromatic carbocycles. The van der Waals surface area contributed by atoms with E-state index in [4.69, 9.17) is 0 Å². The van der Waals surface area contributed by atoms with Crippen LogP contribution in [0.15, 0.2) is 23.1 Å². The van der Waals surface area contributed by atoms with Gasteiger partial charge in [-0.25, -0.2) is 9.55 Å². The van der Waals surface area contributed by atoms with Crippen LogP contribution in [0, 0.1) is 0 Å². The van der Waals surface area contributed by atoms with Crippen molar-refractivity contribution in [2.75, 3.05) is 0 Å². The minimum Gasteiger partial charge on any atom is -0.507 e. The first-order valence-corrected chi connectivity index (χ1v) is 6.30. The van der Waals surface area contributed by atoms with Crippen molar-refractivity contribution in [1.82, 2.24) is 9.55 Å². The maximum atomic E-state index is 12.3. The summed E-state index contributed by atoms with van der Waals surface area (Å²) in [5, 5.41) is 10.6. The van der Waals surface area contributed by atoms with Crippen LogP contribution in [0.5, 0.6) is 5.75 Å². The lowest BCUT2D eigenvalue weighted by atomic mass is 10.1. The molecule has 0 radical (unpaired) electrons. The number of unbranched alkanes of at least 4 members (excludes halogenated alkanes) is 1. The number of hydrogen-bond acceptors (Lipinski definition) is 4. The van der Waals surface area contributed by atoms with E-state index >= 15 is 0 Å². The number of carbonyl (C=O) groups is 1. The zero-order valence-electron chi connectivity index (χ0n) is 11.0. The van der Waals surface area contributed by atoms with Crippen molar-refractivity contribution in [3.05, 3.63) is 34.2 Å². The summed E-state index contributed by atoms with van der Waals surface area (Å²) in [6, 6.07) is 3.33. The van der Waals surface area contributed by atoms with Crippen LogP contribution in [0.2, 0.25) is 0 Å². The summed E-state index contributed by atoms with van der Waals surface area (Å²) in [4.78, 5) is 28.0. The highest BCUT2D eigenvalue weighted by Crippen LogP contribution is 2.25. The molecule has 0 amide bonds. The molecule has 0 bridgehead atoms. The zero-order chi connectivity index (χ0) is 14.0. The first-order valence-electron chi connectivity index (χ1n) is 6.30. The van der Waals surface area contributed by atoms with Gasteiger partial charge in [-0.05, 0) is 25.0 Å². The number of aromatic hydroxyl groups is 1. The van der Waals surface area contributed by atoms with Crippen LogP contribution in [-0.2, 0) is 6.42 Å². The second kappa shape index (κ2) is 5.22. The Kier molecular flexibility index (Phi) is 3.64. The fourth-order valence-corrected chi connectivity index (χ4v) is 2.13. The molecule has 2 aromatic rings. The Morgan fingerprint density at radius 1 is 1.47 bits per heavy atom. The molecule has 0 fully saturated rings. The molecule has 2 rings (SSSR count). The summed E-state index contributed by atoms with van der Waals surface area (Å²) < 4.78 is 1.03. The third kappa shape index (κ3) is 2.23. The molecule has 100 valence electrons. The van der Waals surface area contributed by atoms with Gasteiger partial charge in [-0.1, -0.05) is 13.3 Å². The molecule has 5 heteroatoms. The van der Waals surface area contributed by atoms with Crippen LogP contribution >= 0.6 is 0 Å². The van der Waals surface area contributed by atoms with Crippen molar-refractivity contribution in [1.29, 1.82) is 0 Å². The lowest BCUT2D eigenvalue weighted by Gasteiger charge is -2.11. The molecule has 0 saturated carbocycles. The second-order valence-electron chi connectivity index (χ2n) is 4.46. The lowest BCUT2D eigenvalue weighted by molar-refractivity contribution is 0.0936. The summed E-state index contributed by atoms with van der Waals surface area (Å²) in [6.45, 7) is 3.32. The molecule has 19 heavy (non-hydrogen) atoms. The van der Waals surface area contributed by atoms with E-state index in [-0.39, 0.29) is 17.0 Å². The van der Waals surface area contributed by atoms with Gasteiger partial charge in [0.1, 0.15) is 5.75 Å². The van der Waals surface area contributed by atoms with E-state index < -0.39 is 11.5 Å². The van der Waals surface area contributed by atoms with Crippen molar-refractivity contribution in [3.63, 3.8) is 0 Å². The predicted octanol–water partition coefficient (Wildman–Crippen LogP) is 2.10. The van der Waals surface area contributed by atoms with Crippen molar-refractivity contribution in [2.24, 2.45) is 0 Å². The van der Waals surface area contributed by atoms with Crippen molar-refractivity contribution in [2.45, 2.75) is 33.1 Å². The number of carbonyl (C=O) groups excluding carboxylic acids is 1. The predicted molar refractivity (Wildman–Crippen MR) is 72.6 cm³/mol. The van der Waals surface area contributed by atoms with Gasteiger partial charge in [0, 0.05) is 13.1 Å². The lowest BCUT2D eigenvalue weighted by Crippen LogP contribution is -2.28. The topological polar surface area (TPSA) is 72.2 Å².